The molecule has 1 saturated heterocycles. The number of carbonyl (C=O) groups excluding carboxylic acids is 3. The molecule has 1 fully saturated rings. The molecule has 0 aliphatic carbocycles. The fourth-order valence-corrected chi connectivity index (χ4v) is 2.89. The number of rotatable bonds is 5. The minimum absolute atomic E-state index is 0.182. The zero-order valence-electron chi connectivity index (χ0n) is 14.9. The van der Waals surface area contributed by atoms with E-state index >= 15 is 0 Å². The van der Waals surface area contributed by atoms with Crippen LogP contribution in [-0.2, 0) is 14.3 Å². The van der Waals surface area contributed by atoms with Gasteiger partial charge in [0.1, 0.15) is 6.04 Å². The molecule has 2 rings (SSSR count). The fraction of sp³-hybridized carbons (Fsp3) is 0.333. The number of hydrogen-bond acceptors (Lipinski definition) is 9. The lowest BCUT2D eigenvalue weighted by Gasteiger charge is -2.36. The number of nitro groups is 2. The average molecular weight is 425 g/mol. The summed E-state index contributed by atoms with van der Waals surface area (Å²) in [5.41, 5.74) is -1.65. The number of benzene rings is 1. The van der Waals surface area contributed by atoms with Crippen LogP contribution in [0.1, 0.15) is 16.8 Å². The summed E-state index contributed by atoms with van der Waals surface area (Å²) in [6.45, 7) is 0.385. The number of piperazine rings is 1. The zero-order chi connectivity index (χ0) is 21.7. The minimum atomic E-state index is -1.02. The van der Waals surface area contributed by atoms with Gasteiger partial charge in [0.25, 0.3) is 17.3 Å². The van der Waals surface area contributed by atoms with Crippen LogP contribution in [0, 0.1) is 20.2 Å². The molecule has 0 aromatic heterocycles. The molecule has 2 amide bonds. The fourth-order valence-electron chi connectivity index (χ4n) is 2.58. The summed E-state index contributed by atoms with van der Waals surface area (Å²) < 4.78 is 4.55. The van der Waals surface area contributed by atoms with Crippen LogP contribution in [-0.4, -0.2) is 63.9 Å². The van der Waals surface area contributed by atoms with Crippen LogP contribution in [0.5, 0.6) is 0 Å². The van der Waals surface area contributed by atoms with Crippen molar-refractivity contribution in [1.82, 2.24) is 15.5 Å². The number of methoxy groups -OCH3 is 1. The lowest BCUT2D eigenvalue weighted by molar-refractivity contribution is -0.394. The van der Waals surface area contributed by atoms with Gasteiger partial charge in [-0.3, -0.25) is 39.9 Å². The van der Waals surface area contributed by atoms with Gasteiger partial charge in [-0.15, -0.1) is 0 Å². The molecule has 0 radical (unpaired) electrons. The molecule has 1 aliphatic rings. The van der Waals surface area contributed by atoms with Crippen molar-refractivity contribution in [1.29, 1.82) is 0 Å². The van der Waals surface area contributed by atoms with Crippen molar-refractivity contribution in [2.45, 2.75) is 12.5 Å². The highest BCUT2D eigenvalue weighted by molar-refractivity contribution is 7.80. The monoisotopic (exact) mass is 425 g/mol. The van der Waals surface area contributed by atoms with Gasteiger partial charge in [-0.2, -0.15) is 0 Å². The second-order valence-electron chi connectivity index (χ2n) is 5.79. The predicted molar refractivity (Wildman–Crippen MR) is 100.0 cm³/mol. The van der Waals surface area contributed by atoms with E-state index < -0.39 is 45.0 Å². The molecule has 0 spiro atoms. The average Bonchev–Trinajstić information content (AvgIpc) is 2.68. The van der Waals surface area contributed by atoms with E-state index in [0.29, 0.717) is 0 Å². The number of nitrogens with zero attached hydrogens (tertiary/aromatic N) is 3. The van der Waals surface area contributed by atoms with E-state index in [-0.39, 0.29) is 30.2 Å². The van der Waals surface area contributed by atoms with Crippen molar-refractivity contribution in [3.8, 4) is 0 Å². The summed E-state index contributed by atoms with van der Waals surface area (Å²) in [6.07, 6.45) is -0.319. The summed E-state index contributed by atoms with van der Waals surface area (Å²) in [5.74, 6) is -2.10. The normalized spacial score (nSPS) is 15.8. The zero-order valence-corrected chi connectivity index (χ0v) is 15.8. The molecule has 0 saturated carbocycles. The van der Waals surface area contributed by atoms with Gasteiger partial charge in [-0.05, 0) is 12.2 Å². The first kappa shape index (κ1) is 21.6. The van der Waals surface area contributed by atoms with Gasteiger partial charge in [-0.25, -0.2) is 0 Å². The van der Waals surface area contributed by atoms with Gasteiger partial charge in [0.05, 0.1) is 35.0 Å². The Kier molecular flexibility index (Phi) is 6.71. The van der Waals surface area contributed by atoms with Gasteiger partial charge in [-0.1, -0.05) is 0 Å². The van der Waals surface area contributed by atoms with Crippen molar-refractivity contribution in [3.05, 3.63) is 44.0 Å². The van der Waals surface area contributed by atoms with Gasteiger partial charge in [0.2, 0.25) is 5.91 Å². The van der Waals surface area contributed by atoms with Crippen molar-refractivity contribution < 1.29 is 29.0 Å². The molecule has 1 unspecified atom stereocenters. The first-order valence-corrected chi connectivity index (χ1v) is 8.45. The number of non-ortho nitro benzene ring substituents is 2. The smallest absolute Gasteiger partial charge is 0.308 e. The number of amides is 2. The molecule has 1 heterocycles. The Labute approximate surface area is 168 Å². The van der Waals surface area contributed by atoms with E-state index in [1.807, 2.05) is 0 Å². The van der Waals surface area contributed by atoms with E-state index in [1.165, 1.54) is 4.90 Å². The van der Waals surface area contributed by atoms with Crippen LogP contribution >= 0.6 is 12.2 Å². The Morgan fingerprint density at radius 2 is 1.86 bits per heavy atom. The minimum Gasteiger partial charge on any atom is -0.469 e. The third-order valence-corrected chi connectivity index (χ3v) is 4.32. The Bertz CT molecular complexity index is 872. The molecular formula is C15H15N5O8S. The largest absolute Gasteiger partial charge is 0.469 e. The molecule has 1 aliphatic heterocycles. The lowest BCUT2D eigenvalue weighted by Crippen LogP contribution is -2.60. The number of carbonyl (C=O) groups is 3. The number of thiocarbonyl (C=S) groups is 1. The van der Waals surface area contributed by atoms with Crippen LogP contribution in [0.4, 0.5) is 11.4 Å². The lowest BCUT2D eigenvalue weighted by atomic mass is 10.1. The number of esters is 1. The van der Waals surface area contributed by atoms with Crippen LogP contribution in [0.2, 0.25) is 0 Å². The van der Waals surface area contributed by atoms with Crippen molar-refractivity contribution in [2.75, 3.05) is 20.2 Å². The maximum atomic E-state index is 12.5. The van der Waals surface area contributed by atoms with Gasteiger partial charge < -0.3 is 15.0 Å². The van der Waals surface area contributed by atoms with E-state index in [2.05, 4.69) is 15.4 Å². The summed E-state index contributed by atoms with van der Waals surface area (Å²) in [4.78, 5) is 57.6. The molecule has 1 aromatic carbocycles. The van der Waals surface area contributed by atoms with Crippen LogP contribution in [0.15, 0.2) is 18.2 Å². The third kappa shape index (κ3) is 5.19. The molecule has 13 nitrogen and oxygen atoms in total. The molecule has 1 aromatic rings. The summed E-state index contributed by atoms with van der Waals surface area (Å²) >= 11 is 5.13. The summed E-state index contributed by atoms with van der Waals surface area (Å²) in [5, 5.41) is 26.5. The molecule has 2 N–H and O–H groups in total. The highest BCUT2D eigenvalue weighted by Gasteiger charge is 2.34. The first-order valence-electron chi connectivity index (χ1n) is 8.04. The topological polar surface area (TPSA) is 174 Å². The third-order valence-electron chi connectivity index (χ3n) is 3.99. The molecule has 29 heavy (non-hydrogen) atoms. The maximum Gasteiger partial charge on any atom is 0.308 e. The highest BCUT2D eigenvalue weighted by Crippen LogP contribution is 2.22. The number of nitrogens with one attached hydrogen (secondary N) is 2. The van der Waals surface area contributed by atoms with Gasteiger partial charge in [0, 0.05) is 25.2 Å². The summed E-state index contributed by atoms with van der Waals surface area (Å²) in [7, 11) is 1.16. The summed E-state index contributed by atoms with van der Waals surface area (Å²) in [6, 6.07) is 1.42. The Morgan fingerprint density at radius 1 is 1.28 bits per heavy atom. The van der Waals surface area contributed by atoms with E-state index in [1.54, 1.807) is 0 Å². The highest BCUT2D eigenvalue weighted by atomic mass is 32.1. The number of nitro benzene ring substituents is 2. The second kappa shape index (κ2) is 9.01. The van der Waals surface area contributed by atoms with Crippen molar-refractivity contribution in [2.24, 2.45) is 0 Å². The molecule has 1 atom stereocenters. The number of hydrogen-bond donors (Lipinski definition) is 2. The Morgan fingerprint density at radius 3 is 2.38 bits per heavy atom. The SMILES string of the molecule is COC(=O)CC1C(=O)NCCN1C(=S)NC(=O)c1cc([N+](=O)[O-])cc([N+](=O)[O-])c1. The van der Waals surface area contributed by atoms with Gasteiger partial charge in [0.15, 0.2) is 5.11 Å². The van der Waals surface area contributed by atoms with Gasteiger partial charge >= 0.3 is 5.97 Å². The van der Waals surface area contributed by atoms with Crippen molar-refractivity contribution in [3.63, 3.8) is 0 Å². The first-order chi connectivity index (χ1) is 13.6. The Balaban J connectivity index is 2.23. The predicted octanol–water partition coefficient (Wildman–Crippen LogP) is -0.119. The van der Waals surface area contributed by atoms with Crippen LogP contribution in [0.3, 0.4) is 0 Å². The molecule has 14 heteroatoms. The Hall–Kier alpha value is -3.68. The van der Waals surface area contributed by atoms with E-state index in [4.69, 9.17) is 12.2 Å². The quantitative estimate of drug-likeness (QED) is 0.280. The van der Waals surface area contributed by atoms with Crippen molar-refractivity contribution >= 4 is 46.5 Å². The molecular weight excluding hydrogens is 410 g/mol. The maximum absolute atomic E-state index is 12.5. The van der Waals surface area contributed by atoms with E-state index in [0.717, 1.165) is 25.3 Å². The standard InChI is InChI=1S/C15H15N5O8S/c1-28-12(21)7-11-14(23)16-2-3-18(11)15(29)17-13(22)8-4-9(19(24)25)6-10(5-8)20(26)27/h4-6,11H,2-3,7H2,1H3,(H,16,23)(H,17,22,29). The molecule has 154 valence electrons. The molecule has 0 bridgehead atoms. The van der Waals surface area contributed by atoms with Crippen LogP contribution < -0.4 is 10.6 Å². The second-order valence-corrected chi connectivity index (χ2v) is 6.18. The number of ether oxygens (including phenoxy) is 1. The van der Waals surface area contributed by atoms with Crippen LogP contribution in [0.25, 0.3) is 0 Å². The van der Waals surface area contributed by atoms with E-state index in [9.17, 15) is 34.6 Å².